The number of rotatable bonds is 5. The Morgan fingerprint density at radius 3 is 2.38 bits per heavy atom. The van der Waals surface area contributed by atoms with E-state index in [9.17, 15) is 9.59 Å². The highest BCUT2D eigenvalue weighted by molar-refractivity contribution is 5.93. The summed E-state index contributed by atoms with van der Waals surface area (Å²) in [4.78, 5) is 25.0. The molecule has 0 bridgehead atoms. The third-order valence-electron chi connectivity index (χ3n) is 4.27. The second-order valence-corrected chi connectivity index (χ2v) is 5.96. The Labute approximate surface area is 140 Å². The SMILES string of the molecule is O=C(CN1CCC[C@H]1C(=O)O)Nc1ccc(-c2ccccc2)cc1. The van der Waals surface area contributed by atoms with Crippen LogP contribution in [0.5, 0.6) is 0 Å². The molecule has 124 valence electrons. The van der Waals surface area contributed by atoms with Gasteiger partial charge in [0.1, 0.15) is 6.04 Å². The van der Waals surface area contributed by atoms with Crippen molar-refractivity contribution in [3.63, 3.8) is 0 Å². The fourth-order valence-corrected chi connectivity index (χ4v) is 3.06. The van der Waals surface area contributed by atoms with Crippen molar-refractivity contribution in [1.82, 2.24) is 4.90 Å². The molecule has 0 saturated carbocycles. The van der Waals surface area contributed by atoms with E-state index < -0.39 is 12.0 Å². The van der Waals surface area contributed by atoms with E-state index in [1.807, 2.05) is 54.6 Å². The predicted molar refractivity (Wildman–Crippen MR) is 92.7 cm³/mol. The van der Waals surface area contributed by atoms with Gasteiger partial charge in [0.2, 0.25) is 5.91 Å². The number of likely N-dealkylation sites (tertiary alicyclic amines) is 1. The first-order valence-corrected chi connectivity index (χ1v) is 8.06. The Bertz CT molecular complexity index is 713. The Morgan fingerprint density at radius 1 is 1.04 bits per heavy atom. The van der Waals surface area contributed by atoms with Gasteiger partial charge in [-0.25, -0.2) is 0 Å². The van der Waals surface area contributed by atoms with Crippen LogP contribution in [0, 0.1) is 0 Å². The van der Waals surface area contributed by atoms with Crippen LogP contribution in [-0.4, -0.2) is 41.0 Å². The van der Waals surface area contributed by atoms with Crippen LogP contribution in [0.3, 0.4) is 0 Å². The minimum atomic E-state index is -0.854. The number of hydrogen-bond acceptors (Lipinski definition) is 3. The zero-order chi connectivity index (χ0) is 16.9. The molecule has 5 heteroatoms. The van der Waals surface area contributed by atoms with Crippen molar-refractivity contribution in [3.05, 3.63) is 54.6 Å². The number of nitrogens with one attached hydrogen (secondary N) is 1. The maximum Gasteiger partial charge on any atom is 0.320 e. The summed E-state index contributed by atoms with van der Waals surface area (Å²) in [5.74, 6) is -1.04. The first-order valence-electron chi connectivity index (χ1n) is 8.06. The highest BCUT2D eigenvalue weighted by Crippen LogP contribution is 2.21. The molecule has 1 saturated heterocycles. The molecule has 5 nitrogen and oxygen atoms in total. The number of carboxylic acids is 1. The smallest absolute Gasteiger partial charge is 0.320 e. The van der Waals surface area contributed by atoms with Crippen LogP contribution >= 0.6 is 0 Å². The Morgan fingerprint density at radius 2 is 1.71 bits per heavy atom. The molecule has 1 amide bonds. The largest absolute Gasteiger partial charge is 0.480 e. The van der Waals surface area contributed by atoms with Crippen LogP contribution in [-0.2, 0) is 9.59 Å². The Balaban J connectivity index is 1.60. The van der Waals surface area contributed by atoms with Gasteiger partial charge < -0.3 is 10.4 Å². The molecule has 3 rings (SSSR count). The first-order chi connectivity index (χ1) is 11.6. The topological polar surface area (TPSA) is 69.6 Å². The number of hydrogen-bond donors (Lipinski definition) is 2. The maximum atomic E-state index is 12.1. The molecular formula is C19H20N2O3. The van der Waals surface area contributed by atoms with Gasteiger partial charge in [-0.3, -0.25) is 14.5 Å². The van der Waals surface area contributed by atoms with Crippen molar-refractivity contribution < 1.29 is 14.7 Å². The number of carbonyl (C=O) groups excluding carboxylic acids is 1. The van der Waals surface area contributed by atoms with Gasteiger partial charge in [-0.2, -0.15) is 0 Å². The lowest BCUT2D eigenvalue weighted by atomic mass is 10.1. The molecule has 1 aliphatic rings. The van der Waals surface area contributed by atoms with Gasteiger partial charge in [-0.1, -0.05) is 42.5 Å². The maximum absolute atomic E-state index is 12.1. The number of carboxylic acid groups (broad SMARTS) is 1. The van der Waals surface area contributed by atoms with E-state index in [0.29, 0.717) is 18.7 Å². The van der Waals surface area contributed by atoms with Crippen LogP contribution in [0.2, 0.25) is 0 Å². The van der Waals surface area contributed by atoms with E-state index in [0.717, 1.165) is 17.5 Å². The van der Waals surface area contributed by atoms with Gasteiger partial charge in [-0.05, 0) is 42.6 Å². The fraction of sp³-hybridized carbons (Fsp3) is 0.263. The van der Waals surface area contributed by atoms with Crippen LogP contribution in [0.25, 0.3) is 11.1 Å². The third kappa shape index (κ3) is 3.81. The van der Waals surface area contributed by atoms with Gasteiger partial charge in [0.15, 0.2) is 0 Å². The first kappa shape index (κ1) is 16.2. The average molecular weight is 324 g/mol. The molecule has 1 aliphatic heterocycles. The van der Waals surface area contributed by atoms with Crippen LogP contribution in [0.1, 0.15) is 12.8 Å². The number of carbonyl (C=O) groups is 2. The molecule has 1 heterocycles. The number of amides is 1. The quantitative estimate of drug-likeness (QED) is 0.887. The monoisotopic (exact) mass is 324 g/mol. The molecule has 0 aromatic heterocycles. The van der Waals surface area contributed by atoms with E-state index in [1.54, 1.807) is 4.90 Å². The average Bonchev–Trinajstić information content (AvgIpc) is 3.04. The van der Waals surface area contributed by atoms with Crippen molar-refractivity contribution in [2.45, 2.75) is 18.9 Å². The molecule has 2 N–H and O–H groups in total. The molecular weight excluding hydrogens is 304 g/mol. The molecule has 1 fully saturated rings. The lowest BCUT2D eigenvalue weighted by Gasteiger charge is -2.20. The van der Waals surface area contributed by atoms with Gasteiger partial charge in [0, 0.05) is 5.69 Å². The predicted octanol–water partition coefficient (Wildman–Crippen LogP) is 2.84. The minimum Gasteiger partial charge on any atom is -0.480 e. The Kier molecular flexibility index (Phi) is 4.91. The Hall–Kier alpha value is -2.66. The third-order valence-corrected chi connectivity index (χ3v) is 4.27. The summed E-state index contributed by atoms with van der Waals surface area (Å²) in [7, 11) is 0. The van der Waals surface area contributed by atoms with Crippen molar-refractivity contribution in [3.8, 4) is 11.1 Å². The second kappa shape index (κ2) is 7.27. The van der Waals surface area contributed by atoms with Crippen molar-refractivity contribution >= 4 is 17.6 Å². The van der Waals surface area contributed by atoms with Gasteiger partial charge in [0.25, 0.3) is 0 Å². The van der Waals surface area contributed by atoms with E-state index in [-0.39, 0.29) is 12.5 Å². The normalized spacial score (nSPS) is 17.6. The number of benzene rings is 2. The lowest BCUT2D eigenvalue weighted by molar-refractivity contribution is -0.142. The van der Waals surface area contributed by atoms with Gasteiger partial charge in [0.05, 0.1) is 6.54 Å². The van der Waals surface area contributed by atoms with Crippen molar-refractivity contribution in [1.29, 1.82) is 0 Å². The fourth-order valence-electron chi connectivity index (χ4n) is 3.06. The summed E-state index contributed by atoms with van der Waals surface area (Å²) in [6, 6.07) is 17.1. The summed E-state index contributed by atoms with van der Waals surface area (Å²) in [6.07, 6.45) is 1.42. The van der Waals surface area contributed by atoms with Crippen LogP contribution in [0.4, 0.5) is 5.69 Å². The van der Waals surface area contributed by atoms with Crippen LogP contribution < -0.4 is 5.32 Å². The highest BCUT2D eigenvalue weighted by Gasteiger charge is 2.31. The van der Waals surface area contributed by atoms with Crippen molar-refractivity contribution in [2.75, 3.05) is 18.4 Å². The summed E-state index contributed by atoms with van der Waals surface area (Å²) in [5.41, 5.74) is 2.92. The molecule has 0 radical (unpaired) electrons. The number of nitrogens with zero attached hydrogens (tertiary/aromatic N) is 1. The van der Waals surface area contributed by atoms with E-state index in [2.05, 4.69) is 5.32 Å². The van der Waals surface area contributed by atoms with E-state index in [1.165, 1.54) is 0 Å². The zero-order valence-electron chi connectivity index (χ0n) is 13.3. The summed E-state index contributed by atoms with van der Waals surface area (Å²) in [5, 5.41) is 12.0. The van der Waals surface area contributed by atoms with Gasteiger partial charge >= 0.3 is 5.97 Å². The molecule has 0 unspecified atom stereocenters. The van der Waals surface area contributed by atoms with E-state index in [4.69, 9.17) is 5.11 Å². The summed E-state index contributed by atoms with van der Waals surface area (Å²) >= 11 is 0. The molecule has 2 aromatic rings. The molecule has 2 aromatic carbocycles. The summed E-state index contributed by atoms with van der Waals surface area (Å²) < 4.78 is 0. The molecule has 24 heavy (non-hydrogen) atoms. The van der Waals surface area contributed by atoms with Crippen molar-refractivity contribution in [2.24, 2.45) is 0 Å². The van der Waals surface area contributed by atoms with E-state index >= 15 is 0 Å². The minimum absolute atomic E-state index is 0.109. The molecule has 0 aliphatic carbocycles. The molecule has 1 atom stereocenters. The van der Waals surface area contributed by atoms with Crippen LogP contribution in [0.15, 0.2) is 54.6 Å². The lowest BCUT2D eigenvalue weighted by Crippen LogP contribution is -2.40. The molecule has 0 spiro atoms. The second-order valence-electron chi connectivity index (χ2n) is 5.96. The standard InChI is InChI=1S/C19H20N2O3/c22-18(13-21-12-4-7-17(21)19(23)24)20-16-10-8-15(9-11-16)14-5-2-1-3-6-14/h1-3,5-6,8-11,17H,4,7,12-13H2,(H,20,22)(H,23,24)/t17-/m0/s1. The number of anilines is 1. The zero-order valence-corrected chi connectivity index (χ0v) is 13.3. The highest BCUT2D eigenvalue weighted by atomic mass is 16.4. The van der Waals surface area contributed by atoms with Gasteiger partial charge in [-0.15, -0.1) is 0 Å². The summed E-state index contributed by atoms with van der Waals surface area (Å²) in [6.45, 7) is 0.759. The number of aliphatic carboxylic acids is 1.